The molecule has 0 radical (unpaired) electrons. The lowest BCUT2D eigenvalue weighted by Gasteiger charge is -2.05. The van der Waals surface area contributed by atoms with Crippen molar-refractivity contribution in [2.45, 2.75) is 0 Å². The molecule has 4 nitrogen and oxygen atoms in total. The molecule has 0 fully saturated rings. The summed E-state index contributed by atoms with van der Waals surface area (Å²) in [5, 5.41) is 9.96. The van der Waals surface area contributed by atoms with E-state index >= 15 is 0 Å². The number of aromatic nitrogens is 4. The first kappa shape index (κ1) is 11.3. The molecule has 0 spiro atoms. The molecule has 0 atom stereocenters. The van der Waals surface area contributed by atoms with Gasteiger partial charge in [0, 0.05) is 17.1 Å². The minimum atomic E-state index is 0.954. The Labute approximate surface area is 119 Å². The lowest BCUT2D eigenvalue weighted by atomic mass is 10.0. The molecular weight excluding hydrogens is 268 g/mol. The fourth-order valence-corrected chi connectivity index (χ4v) is 2.99. The van der Waals surface area contributed by atoms with Crippen LogP contribution in [0.25, 0.3) is 32.6 Å². The average molecular weight is 278 g/mol. The minimum Gasteiger partial charge on any atom is -0.285 e. The Hall–Kier alpha value is -2.53. The summed E-state index contributed by atoms with van der Waals surface area (Å²) in [6.07, 6.45) is 5.32. The van der Waals surface area contributed by atoms with Crippen molar-refractivity contribution in [1.29, 1.82) is 0 Å². The van der Waals surface area contributed by atoms with Crippen LogP contribution >= 0.6 is 11.3 Å². The summed E-state index contributed by atoms with van der Waals surface area (Å²) in [4.78, 5) is 9.95. The fourth-order valence-electron chi connectivity index (χ4n) is 2.25. The number of fused-ring (bicyclic) bond motifs is 1. The summed E-state index contributed by atoms with van der Waals surface area (Å²) in [5.41, 5.74) is 4.11. The van der Waals surface area contributed by atoms with Crippen molar-refractivity contribution in [3.05, 3.63) is 54.4 Å². The van der Waals surface area contributed by atoms with Crippen LogP contribution in [-0.2, 0) is 0 Å². The van der Waals surface area contributed by atoms with Gasteiger partial charge in [-0.1, -0.05) is 12.1 Å². The van der Waals surface area contributed by atoms with E-state index in [0.717, 1.165) is 32.6 Å². The molecular formula is C15H10N4S. The minimum absolute atomic E-state index is 0.954. The number of hydrogen-bond donors (Lipinski definition) is 1. The van der Waals surface area contributed by atoms with Gasteiger partial charge in [0.05, 0.1) is 22.3 Å². The first-order valence-electron chi connectivity index (χ1n) is 6.19. The van der Waals surface area contributed by atoms with Gasteiger partial charge in [-0.05, 0) is 29.1 Å². The van der Waals surface area contributed by atoms with Crippen LogP contribution in [0.4, 0.5) is 0 Å². The highest BCUT2D eigenvalue weighted by Gasteiger charge is 2.09. The lowest BCUT2D eigenvalue weighted by molar-refractivity contribution is 1.09. The maximum absolute atomic E-state index is 4.45. The van der Waals surface area contributed by atoms with Crippen molar-refractivity contribution in [3.8, 4) is 21.7 Å². The average Bonchev–Trinajstić information content (AvgIpc) is 3.19. The number of nitrogens with one attached hydrogen (secondary N) is 1. The fraction of sp³-hybridized carbons (Fsp3) is 0. The smallest absolute Gasteiger partial charge is 0.116 e. The van der Waals surface area contributed by atoms with E-state index in [1.807, 2.05) is 24.5 Å². The SMILES string of the molecule is c1csc(-c2ncnc3ccc(-c4cn[nH]c4)cc23)c1. The maximum atomic E-state index is 4.45. The number of benzene rings is 1. The summed E-state index contributed by atoms with van der Waals surface area (Å²) < 4.78 is 0. The van der Waals surface area contributed by atoms with Crippen LogP contribution in [0, 0.1) is 0 Å². The molecule has 0 aliphatic carbocycles. The van der Waals surface area contributed by atoms with Crippen LogP contribution in [0.1, 0.15) is 0 Å². The molecule has 4 aromatic rings. The monoisotopic (exact) mass is 278 g/mol. The van der Waals surface area contributed by atoms with Gasteiger partial charge in [-0.3, -0.25) is 5.10 Å². The molecule has 0 saturated heterocycles. The number of H-pyrrole nitrogens is 1. The second-order valence-corrected chi connectivity index (χ2v) is 5.37. The molecule has 4 rings (SSSR count). The Morgan fingerprint density at radius 1 is 1.05 bits per heavy atom. The van der Waals surface area contributed by atoms with E-state index in [1.165, 1.54) is 0 Å². The van der Waals surface area contributed by atoms with Crippen molar-refractivity contribution < 1.29 is 0 Å². The van der Waals surface area contributed by atoms with E-state index < -0.39 is 0 Å². The zero-order valence-corrected chi connectivity index (χ0v) is 11.3. The van der Waals surface area contributed by atoms with E-state index in [-0.39, 0.29) is 0 Å². The molecule has 1 N–H and O–H groups in total. The number of rotatable bonds is 2. The third-order valence-corrected chi connectivity index (χ3v) is 4.10. The summed E-state index contributed by atoms with van der Waals surface area (Å²) in [5.74, 6) is 0. The molecule has 3 heterocycles. The highest BCUT2D eigenvalue weighted by molar-refractivity contribution is 7.13. The van der Waals surface area contributed by atoms with E-state index in [4.69, 9.17) is 0 Å². The van der Waals surface area contributed by atoms with Gasteiger partial charge in [0.2, 0.25) is 0 Å². The molecule has 20 heavy (non-hydrogen) atoms. The second kappa shape index (κ2) is 4.54. The summed E-state index contributed by atoms with van der Waals surface area (Å²) in [6.45, 7) is 0. The van der Waals surface area contributed by atoms with E-state index in [1.54, 1.807) is 17.7 Å². The Kier molecular flexibility index (Phi) is 2.57. The Bertz CT molecular complexity index is 851. The molecule has 3 aromatic heterocycles. The highest BCUT2D eigenvalue weighted by Crippen LogP contribution is 2.31. The van der Waals surface area contributed by atoms with Gasteiger partial charge in [0.1, 0.15) is 6.33 Å². The Morgan fingerprint density at radius 2 is 2.05 bits per heavy atom. The zero-order valence-electron chi connectivity index (χ0n) is 10.4. The van der Waals surface area contributed by atoms with Crippen molar-refractivity contribution >= 4 is 22.2 Å². The van der Waals surface area contributed by atoms with Gasteiger partial charge in [0.15, 0.2) is 0 Å². The number of aromatic amines is 1. The van der Waals surface area contributed by atoms with Crippen LogP contribution in [0.3, 0.4) is 0 Å². The van der Waals surface area contributed by atoms with Crippen molar-refractivity contribution in [2.24, 2.45) is 0 Å². The van der Waals surface area contributed by atoms with E-state index in [2.05, 4.69) is 43.7 Å². The normalized spacial score (nSPS) is 11.0. The molecule has 0 bridgehead atoms. The van der Waals surface area contributed by atoms with Crippen LogP contribution in [-0.4, -0.2) is 20.2 Å². The third-order valence-electron chi connectivity index (χ3n) is 3.22. The van der Waals surface area contributed by atoms with Crippen LogP contribution in [0.5, 0.6) is 0 Å². The highest BCUT2D eigenvalue weighted by atomic mass is 32.1. The van der Waals surface area contributed by atoms with Gasteiger partial charge in [-0.15, -0.1) is 11.3 Å². The van der Waals surface area contributed by atoms with Gasteiger partial charge < -0.3 is 0 Å². The number of nitrogens with zero attached hydrogens (tertiary/aromatic N) is 3. The lowest BCUT2D eigenvalue weighted by Crippen LogP contribution is -1.88. The summed E-state index contributed by atoms with van der Waals surface area (Å²) >= 11 is 1.69. The second-order valence-electron chi connectivity index (χ2n) is 4.42. The summed E-state index contributed by atoms with van der Waals surface area (Å²) in [7, 11) is 0. The largest absolute Gasteiger partial charge is 0.285 e. The third kappa shape index (κ3) is 1.80. The number of thiophene rings is 1. The van der Waals surface area contributed by atoms with Crippen LogP contribution in [0.2, 0.25) is 0 Å². The van der Waals surface area contributed by atoms with E-state index in [0.29, 0.717) is 0 Å². The van der Waals surface area contributed by atoms with Gasteiger partial charge >= 0.3 is 0 Å². The van der Waals surface area contributed by atoms with Crippen molar-refractivity contribution in [1.82, 2.24) is 20.2 Å². The Morgan fingerprint density at radius 3 is 2.85 bits per heavy atom. The molecule has 0 unspecified atom stereocenters. The molecule has 0 saturated carbocycles. The van der Waals surface area contributed by atoms with Gasteiger partial charge in [-0.25, -0.2) is 9.97 Å². The molecule has 5 heteroatoms. The number of hydrogen-bond acceptors (Lipinski definition) is 4. The van der Waals surface area contributed by atoms with Gasteiger partial charge in [0.25, 0.3) is 0 Å². The van der Waals surface area contributed by atoms with Crippen molar-refractivity contribution in [3.63, 3.8) is 0 Å². The molecule has 0 aliphatic heterocycles. The summed E-state index contributed by atoms with van der Waals surface area (Å²) in [6, 6.07) is 10.3. The van der Waals surface area contributed by atoms with Crippen LogP contribution < -0.4 is 0 Å². The van der Waals surface area contributed by atoms with E-state index in [9.17, 15) is 0 Å². The van der Waals surface area contributed by atoms with Gasteiger partial charge in [-0.2, -0.15) is 5.10 Å². The van der Waals surface area contributed by atoms with Crippen LogP contribution in [0.15, 0.2) is 54.4 Å². The standard InChI is InChI=1S/C15H10N4S/c1-2-14(20-5-1)15-12-6-10(11-7-18-19-8-11)3-4-13(12)16-9-17-15/h1-9H,(H,18,19). The maximum Gasteiger partial charge on any atom is 0.116 e. The predicted molar refractivity (Wildman–Crippen MR) is 80.4 cm³/mol. The molecule has 0 amide bonds. The quantitative estimate of drug-likeness (QED) is 0.607. The van der Waals surface area contributed by atoms with Crippen molar-refractivity contribution in [2.75, 3.05) is 0 Å². The molecule has 0 aliphatic rings. The molecule has 96 valence electrons. The molecule has 1 aromatic carbocycles. The zero-order chi connectivity index (χ0) is 13.4. The topological polar surface area (TPSA) is 54.5 Å². The Balaban J connectivity index is 1.99. The predicted octanol–water partition coefficient (Wildman–Crippen LogP) is 3.75. The first-order chi connectivity index (χ1) is 9.92. The first-order valence-corrected chi connectivity index (χ1v) is 7.07.